The van der Waals surface area contributed by atoms with Crippen molar-refractivity contribution in [3.8, 4) is 11.6 Å². The van der Waals surface area contributed by atoms with Crippen LogP contribution < -0.4 is 15.5 Å². The molecule has 0 amide bonds. The van der Waals surface area contributed by atoms with E-state index in [0.29, 0.717) is 17.3 Å². The summed E-state index contributed by atoms with van der Waals surface area (Å²) >= 11 is 1.21. The van der Waals surface area contributed by atoms with Crippen molar-refractivity contribution in [1.82, 2.24) is 10.3 Å². The molecule has 3 aromatic heterocycles. The van der Waals surface area contributed by atoms with E-state index in [9.17, 15) is 9.90 Å². The van der Waals surface area contributed by atoms with E-state index < -0.39 is 11.7 Å². The zero-order valence-electron chi connectivity index (χ0n) is 16.6. The van der Waals surface area contributed by atoms with Crippen molar-refractivity contribution in [2.45, 2.75) is 33.1 Å². The van der Waals surface area contributed by atoms with Crippen LogP contribution in [0.3, 0.4) is 0 Å². The number of thiophene rings is 1. The van der Waals surface area contributed by atoms with Crippen molar-refractivity contribution in [3.05, 3.63) is 57.7 Å². The van der Waals surface area contributed by atoms with Crippen LogP contribution in [0.25, 0.3) is 15.9 Å². The molecule has 0 bridgehead atoms. The van der Waals surface area contributed by atoms with Gasteiger partial charge in [0.25, 0.3) is 5.78 Å². The van der Waals surface area contributed by atoms with Crippen LogP contribution in [-0.4, -0.2) is 16.0 Å². The minimum atomic E-state index is -0.793. The molecule has 0 spiro atoms. The topological polar surface area (TPSA) is 109 Å². The summed E-state index contributed by atoms with van der Waals surface area (Å²) in [6.07, 6.45) is 2.99. The van der Waals surface area contributed by atoms with Crippen LogP contribution in [0.5, 0.6) is 5.95 Å². The Morgan fingerprint density at radius 1 is 1.33 bits per heavy atom. The molecule has 1 aromatic carbocycles. The number of hydrogen-bond acceptors (Lipinski definition) is 7. The number of pyridine rings is 1. The fourth-order valence-corrected chi connectivity index (χ4v) is 4.99. The first kappa shape index (κ1) is 18.7. The number of carbonyl (C=O) groups is 1. The van der Waals surface area contributed by atoms with Crippen LogP contribution in [0.4, 0.5) is 5.69 Å². The second kappa shape index (κ2) is 6.91. The number of hydrogen-bond donors (Lipinski definition) is 1. The number of ketones is 1. The molecule has 3 heterocycles. The number of aryl methyl sites for hydroxylation is 2. The molecule has 1 aliphatic rings. The Bertz CT molecular complexity index is 1290. The van der Waals surface area contributed by atoms with Gasteiger partial charge in [-0.3, -0.25) is 4.79 Å². The molecule has 4 aromatic rings. The van der Waals surface area contributed by atoms with E-state index in [-0.39, 0.29) is 10.6 Å². The zero-order valence-corrected chi connectivity index (χ0v) is 17.5. The lowest BCUT2D eigenvalue weighted by atomic mass is 9.87. The number of anilines is 1. The minimum Gasteiger partial charge on any atom is -0.539 e. The molecular weight excluding hydrogens is 400 g/mol. The number of benzene rings is 1. The van der Waals surface area contributed by atoms with Gasteiger partial charge in [-0.25, -0.2) is 4.98 Å². The summed E-state index contributed by atoms with van der Waals surface area (Å²) in [7, 11) is 0. The highest BCUT2D eigenvalue weighted by molar-refractivity contribution is 7.21. The van der Waals surface area contributed by atoms with Gasteiger partial charge in [0.1, 0.15) is 9.71 Å². The number of nitrogens with two attached hydrogens (primary N) is 1. The summed E-state index contributed by atoms with van der Waals surface area (Å²) < 4.78 is 6.04. The van der Waals surface area contributed by atoms with Crippen LogP contribution >= 0.6 is 11.3 Å². The number of aromatic nitrogens is 3. The van der Waals surface area contributed by atoms with E-state index in [1.807, 2.05) is 19.1 Å². The molecule has 2 N–H and O–H groups in total. The van der Waals surface area contributed by atoms with E-state index in [2.05, 4.69) is 18.3 Å². The zero-order chi connectivity index (χ0) is 21.0. The number of nitrogens with zero attached hydrogens (tertiary/aromatic N) is 3. The Kier molecular flexibility index (Phi) is 4.32. The Hall–Kier alpha value is -3.26. The van der Waals surface area contributed by atoms with Gasteiger partial charge in [0.05, 0.1) is 11.0 Å². The quantitative estimate of drug-likeness (QED) is 0.403. The van der Waals surface area contributed by atoms with Crippen LogP contribution in [0.15, 0.2) is 34.9 Å². The summed E-state index contributed by atoms with van der Waals surface area (Å²) in [5.74, 6) is -0.696. The predicted octanol–water partition coefficient (Wildman–Crippen LogP) is 2.88. The maximum atomic E-state index is 13.3. The molecule has 5 rings (SSSR count). The van der Waals surface area contributed by atoms with E-state index in [4.69, 9.17) is 15.2 Å². The molecule has 1 atom stereocenters. The van der Waals surface area contributed by atoms with E-state index >= 15 is 0 Å². The average molecular weight is 420 g/mol. The molecule has 8 heteroatoms. The lowest BCUT2D eigenvalue weighted by molar-refractivity contribution is -0.672. The first-order chi connectivity index (χ1) is 14.4. The third-order valence-corrected chi connectivity index (χ3v) is 6.76. The molecule has 0 saturated carbocycles. The summed E-state index contributed by atoms with van der Waals surface area (Å²) in [6.45, 7) is 4.18. The Morgan fingerprint density at radius 3 is 2.87 bits per heavy atom. The van der Waals surface area contributed by atoms with Crippen LogP contribution in [0.1, 0.15) is 45.5 Å². The first-order valence-electron chi connectivity index (χ1n) is 9.84. The molecule has 0 saturated heterocycles. The molecular formula is C22H20N4O3S. The number of fused-ring (bicyclic) bond motifs is 2. The summed E-state index contributed by atoms with van der Waals surface area (Å²) in [6, 6.07) is 9.35. The maximum Gasteiger partial charge on any atom is 0.312 e. The number of rotatable bonds is 3. The predicted molar refractivity (Wildman–Crippen MR) is 111 cm³/mol. The van der Waals surface area contributed by atoms with Crippen LogP contribution in [-0.2, 0) is 12.8 Å². The second-order valence-corrected chi connectivity index (χ2v) is 8.92. The molecule has 1 aliphatic carbocycles. The molecule has 0 fully saturated rings. The standard InChI is InChI=1S/C22H20N4O3S/c1-11-3-6-14(7-4-11)26-18(22(28)29-25-26)19(27)20-17(23)15-10-13-9-12(2)5-8-16(13)24-21(15)30-20/h3-4,6-7,10,12H,5,8-9H2,1-2H3,(H2-,23,25,27,28). The third kappa shape index (κ3) is 2.95. The maximum absolute atomic E-state index is 13.3. The highest BCUT2D eigenvalue weighted by Crippen LogP contribution is 2.37. The normalized spacial score (nSPS) is 16.0. The molecule has 1 unspecified atom stereocenters. The van der Waals surface area contributed by atoms with E-state index in [0.717, 1.165) is 40.7 Å². The van der Waals surface area contributed by atoms with Crippen molar-refractivity contribution in [2.75, 3.05) is 5.73 Å². The monoisotopic (exact) mass is 420 g/mol. The van der Waals surface area contributed by atoms with Crippen LogP contribution in [0.2, 0.25) is 0 Å². The van der Waals surface area contributed by atoms with Gasteiger partial charge >= 0.3 is 5.69 Å². The first-order valence-corrected chi connectivity index (χ1v) is 10.7. The van der Waals surface area contributed by atoms with E-state index in [1.165, 1.54) is 21.6 Å². The number of nitrogen functional groups attached to an aromatic ring is 1. The number of carbonyl (C=O) groups excluding carboxylic acids is 1. The fourth-order valence-electron chi connectivity index (χ4n) is 3.95. The largest absolute Gasteiger partial charge is 0.539 e. The lowest BCUT2D eigenvalue weighted by Gasteiger charge is -2.20. The average Bonchev–Trinajstić information content (AvgIpc) is 3.27. The fraction of sp³-hybridized carbons (Fsp3) is 0.273. The van der Waals surface area contributed by atoms with Gasteiger partial charge < -0.3 is 15.4 Å². The Morgan fingerprint density at radius 2 is 2.10 bits per heavy atom. The molecule has 7 nitrogen and oxygen atoms in total. The highest BCUT2D eigenvalue weighted by atomic mass is 32.1. The molecule has 152 valence electrons. The van der Waals surface area contributed by atoms with Gasteiger partial charge in [0.2, 0.25) is 5.69 Å². The van der Waals surface area contributed by atoms with Crippen molar-refractivity contribution >= 4 is 33.0 Å². The minimum absolute atomic E-state index is 0.171. The van der Waals surface area contributed by atoms with Crippen molar-refractivity contribution < 1.29 is 19.1 Å². The summed E-state index contributed by atoms with van der Waals surface area (Å²) in [4.78, 5) is 19.1. The molecule has 30 heavy (non-hydrogen) atoms. The van der Waals surface area contributed by atoms with Crippen LogP contribution in [0, 0.1) is 12.8 Å². The lowest BCUT2D eigenvalue weighted by Crippen LogP contribution is -2.39. The van der Waals surface area contributed by atoms with Gasteiger partial charge in [-0.05, 0) is 48.4 Å². The van der Waals surface area contributed by atoms with Gasteiger partial charge in [-0.1, -0.05) is 24.6 Å². The van der Waals surface area contributed by atoms with Gasteiger partial charge in [0.15, 0.2) is 5.95 Å². The van der Waals surface area contributed by atoms with Gasteiger partial charge in [-0.2, -0.15) is 0 Å². The SMILES string of the molecule is Cc1ccc(-[n+]2noc([O-])c2C(=O)c2sc3nc4c(cc3c2N)CC(C)CC4)cc1. The van der Waals surface area contributed by atoms with Crippen molar-refractivity contribution in [2.24, 2.45) is 5.92 Å². The Balaban J connectivity index is 1.61. The van der Waals surface area contributed by atoms with Crippen molar-refractivity contribution in [3.63, 3.8) is 0 Å². The van der Waals surface area contributed by atoms with E-state index in [1.54, 1.807) is 12.1 Å². The molecule has 0 aliphatic heterocycles. The summed E-state index contributed by atoms with van der Waals surface area (Å²) in [5.41, 5.74) is 10.4. The summed E-state index contributed by atoms with van der Waals surface area (Å²) in [5, 5.41) is 16.9. The Labute approximate surface area is 176 Å². The molecule has 0 radical (unpaired) electrons. The third-order valence-electron chi connectivity index (χ3n) is 5.64. The highest BCUT2D eigenvalue weighted by Gasteiger charge is 2.32. The van der Waals surface area contributed by atoms with Crippen molar-refractivity contribution in [1.29, 1.82) is 0 Å². The van der Waals surface area contributed by atoms with Gasteiger partial charge in [0, 0.05) is 23.2 Å². The smallest absolute Gasteiger partial charge is 0.312 e. The van der Waals surface area contributed by atoms with Gasteiger partial charge in [-0.15, -0.1) is 11.3 Å². The second-order valence-electron chi connectivity index (χ2n) is 7.93.